The van der Waals surface area contributed by atoms with Crippen molar-refractivity contribution < 1.29 is 27.4 Å². The predicted molar refractivity (Wildman–Crippen MR) is 126 cm³/mol. The number of halogens is 3. The summed E-state index contributed by atoms with van der Waals surface area (Å²) < 4.78 is 49.7. The van der Waals surface area contributed by atoms with Gasteiger partial charge >= 0.3 is 12.1 Å². The van der Waals surface area contributed by atoms with E-state index in [-0.39, 0.29) is 5.92 Å². The summed E-state index contributed by atoms with van der Waals surface area (Å²) >= 11 is 1.43. The van der Waals surface area contributed by atoms with Gasteiger partial charge in [-0.2, -0.15) is 13.2 Å². The monoisotopic (exact) mass is 476 g/mol. The number of carbonyl (C=O) groups excluding carboxylic acids is 1. The maximum absolute atomic E-state index is 13.1. The summed E-state index contributed by atoms with van der Waals surface area (Å²) in [4.78, 5) is 13.8. The molecular formula is C26H27F3O3S. The first-order valence-electron chi connectivity index (χ1n) is 10.6. The number of ether oxygens (including phenoxy) is 2. The third-order valence-corrected chi connectivity index (χ3v) is 6.98. The minimum Gasteiger partial charge on any atom is -0.500 e. The Bertz CT molecular complexity index is 1070. The highest BCUT2D eigenvalue weighted by molar-refractivity contribution is 7.99. The molecule has 0 spiro atoms. The molecule has 3 nitrogen and oxygen atoms in total. The van der Waals surface area contributed by atoms with E-state index in [0.717, 1.165) is 39.3 Å². The molecule has 0 aliphatic carbocycles. The van der Waals surface area contributed by atoms with Crippen LogP contribution in [0.1, 0.15) is 41.2 Å². The van der Waals surface area contributed by atoms with Crippen molar-refractivity contribution in [3.63, 3.8) is 0 Å². The van der Waals surface area contributed by atoms with Gasteiger partial charge in [-0.05, 0) is 49.2 Å². The molecule has 1 heterocycles. The first-order chi connectivity index (χ1) is 15.5. The Hall–Kier alpha value is -2.67. The number of carbonyl (C=O) groups is 1. The van der Waals surface area contributed by atoms with Crippen molar-refractivity contribution in [1.82, 2.24) is 0 Å². The van der Waals surface area contributed by atoms with E-state index in [0.29, 0.717) is 23.5 Å². The molecule has 2 aromatic rings. The molecule has 0 N–H and O–H groups in total. The Morgan fingerprint density at radius 2 is 1.91 bits per heavy atom. The summed E-state index contributed by atoms with van der Waals surface area (Å²) in [7, 11) is 1.55. The van der Waals surface area contributed by atoms with Crippen LogP contribution >= 0.6 is 11.8 Å². The minimum absolute atomic E-state index is 0.0362. The number of hydrogen-bond donors (Lipinski definition) is 0. The van der Waals surface area contributed by atoms with Crippen molar-refractivity contribution in [3.05, 3.63) is 76.6 Å². The van der Waals surface area contributed by atoms with Gasteiger partial charge in [0.1, 0.15) is 17.4 Å². The third kappa shape index (κ3) is 5.64. The highest BCUT2D eigenvalue weighted by atomic mass is 32.2. The SMILES string of the molecule is C=Cc1cc(C)cc(C)c1C1=C(OC)CC(C(C)CSc2ccc(C(F)(F)F)cc2)OC1=O. The standard InChI is InChI=1S/C26H27F3O3S/c1-6-18-12-15(2)11-16(3)23(18)24-22(31-5)13-21(32-25(24)30)17(4)14-33-20-9-7-19(8-10-20)26(27,28)29/h6-12,17,21H,1,13-14H2,2-5H3. The summed E-state index contributed by atoms with van der Waals surface area (Å²) in [5.41, 5.74) is 3.37. The number of esters is 1. The van der Waals surface area contributed by atoms with Crippen LogP contribution in [0.4, 0.5) is 13.2 Å². The molecule has 1 aliphatic heterocycles. The lowest BCUT2D eigenvalue weighted by molar-refractivity contribution is -0.146. The predicted octanol–water partition coefficient (Wildman–Crippen LogP) is 7.07. The molecule has 7 heteroatoms. The summed E-state index contributed by atoms with van der Waals surface area (Å²) in [6.45, 7) is 9.77. The zero-order chi connectivity index (χ0) is 24.3. The number of benzene rings is 2. The van der Waals surface area contributed by atoms with Crippen LogP contribution in [0.2, 0.25) is 0 Å². The Kier molecular flexibility index (Phi) is 7.62. The first kappa shape index (κ1) is 25.0. The van der Waals surface area contributed by atoms with Gasteiger partial charge in [0.2, 0.25) is 0 Å². The third-order valence-electron chi connectivity index (χ3n) is 5.68. The van der Waals surface area contributed by atoms with Gasteiger partial charge in [-0.25, -0.2) is 4.79 Å². The van der Waals surface area contributed by atoms with Crippen molar-refractivity contribution in [1.29, 1.82) is 0 Å². The molecule has 0 bridgehead atoms. The van der Waals surface area contributed by atoms with Crippen LogP contribution in [0.3, 0.4) is 0 Å². The van der Waals surface area contributed by atoms with Gasteiger partial charge in [0.15, 0.2) is 0 Å². The second-order valence-corrected chi connectivity index (χ2v) is 9.30. The Balaban J connectivity index is 1.77. The molecule has 0 radical (unpaired) electrons. The van der Waals surface area contributed by atoms with E-state index >= 15 is 0 Å². The number of thioether (sulfide) groups is 1. The molecule has 33 heavy (non-hydrogen) atoms. The molecule has 2 aromatic carbocycles. The zero-order valence-electron chi connectivity index (χ0n) is 19.1. The topological polar surface area (TPSA) is 35.5 Å². The van der Waals surface area contributed by atoms with Crippen LogP contribution in [-0.4, -0.2) is 24.9 Å². The number of methoxy groups -OCH3 is 1. The maximum Gasteiger partial charge on any atom is 0.416 e. The van der Waals surface area contributed by atoms with Crippen molar-refractivity contribution in [3.8, 4) is 0 Å². The van der Waals surface area contributed by atoms with Gasteiger partial charge in [0.05, 0.1) is 12.7 Å². The van der Waals surface area contributed by atoms with E-state index in [9.17, 15) is 18.0 Å². The Morgan fingerprint density at radius 1 is 1.24 bits per heavy atom. The number of aryl methyl sites for hydroxylation is 2. The largest absolute Gasteiger partial charge is 0.500 e. The van der Waals surface area contributed by atoms with Crippen molar-refractivity contribution >= 4 is 29.4 Å². The second kappa shape index (κ2) is 10.1. The Labute approximate surface area is 196 Å². The van der Waals surface area contributed by atoms with Crippen LogP contribution in [0.25, 0.3) is 11.6 Å². The van der Waals surface area contributed by atoms with E-state index in [4.69, 9.17) is 9.47 Å². The number of cyclic esters (lactones) is 1. The number of alkyl halides is 3. The second-order valence-electron chi connectivity index (χ2n) is 8.21. The first-order valence-corrected chi connectivity index (χ1v) is 11.6. The van der Waals surface area contributed by atoms with E-state index in [2.05, 4.69) is 6.58 Å². The molecule has 3 rings (SSSR count). The van der Waals surface area contributed by atoms with Crippen LogP contribution in [0.5, 0.6) is 0 Å². The van der Waals surface area contributed by atoms with Gasteiger partial charge in [-0.1, -0.05) is 37.3 Å². The summed E-state index contributed by atoms with van der Waals surface area (Å²) in [5, 5.41) is 0. The summed E-state index contributed by atoms with van der Waals surface area (Å²) in [5.74, 6) is 0.671. The van der Waals surface area contributed by atoms with Crippen LogP contribution < -0.4 is 0 Å². The molecule has 2 atom stereocenters. The molecular weight excluding hydrogens is 449 g/mol. The van der Waals surface area contributed by atoms with Gasteiger partial charge in [-0.15, -0.1) is 11.8 Å². The van der Waals surface area contributed by atoms with Gasteiger partial charge in [0, 0.05) is 28.6 Å². The molecule has 2 unspecified atom stereocenters. The van der Waals surface area contributed by atoms with E-state index in [1.54, 1.807) is 13.2 Å². The molecule has 1 aliphatic rings. The smallest absolute Gasteiger partial charge is 0.416 e. The number of rotatable bonds is 7. The molecule has 176 valence electrons. The molecule has 0 saturated heterocycles. The maximum atomic E-state index is 13.1. The lowest BCUT2D eigenvalue weighted by Crippen LogP contribution is -2.33. The van der Waals surface area contributed by atoms with E-state index in [1.165, 1.54) is 23.9 Å². The van der Waals surface area contributed by atoms with Gasteiger partial charge in [-0.3, -0.25) is 0 Å². The normalized spacial score (nSPS) is 17.5. The van der Waals surface area contributed by atoms with Crippen molar-refractivity contribution in [2.24, 2.45) is 5.92 Å². The Morgan fingerprint density at radius 3 is 2.48 bits per heavy atom. The molecule has 0 fully saturated rings. The average Bonchev–Trinajstić information content (AvgIpc) is 2.76. The fourth-order valence-electron chi connectivity index (χ4n) is 3.96. The lowest BCUT2D eigenvalue weighted by Gasteiger charge is -2.31. The van der Waals surface area contributed by atoms with Crippen molar-refractivity contribution in [2.75, 3.05) is 12.9 Å². The van der Waals surface area contributed by atoms with Gasteiger partial charge in [0.25, 0.3) is 0 Å². The molecule has 0 aromatic heterocycles. The summed E-state index contributed by atoms with van der Waals surface area (Å²) in [6, 6.07) is 9.05. The quantitative estimate of drug-likeness (QED) is 0.316. The van der Waals surface area contributed by atoms with Crippen LogP contribution in [0.15, 0.2) is 53.6 Å². The highest BCUT2D eigenvalue weighted by Crippen LogP contribution is 2.37. The molecule has 0 saturated carbocycles. The van der Waals surface area contributed by atoms with E-state index in [1.807, 2.05) is 32.9 Å². The highest BCUT2D eigenvalue weighted by Gasteiger charge is 2.35. The minimum atomic E-state index is -4.35. The lowest BCUT2D eigenvalue weighted by atomic mass is 9.88. The number of hydrogen-bond acceptors (Lipinski definition) is 4. The molecule has 0 amide bonds. The zero-order valence-corrected chi connectivity index (χ0v) is 19.9. The van der Waals surface area contributed by atoms with E-state index < -0.39 is 23.8 Å². The summed E-state index contributed by atoms with van der Waals surface area (Å²) in [6.07, 6.45) is -2.60. The van der Waals surface area contributed by atoms with Crippen molar-refractivity contribution in [2.45, 2.75) is 44.4 Å². The average molecular weight is 477 g/mol. The fourth-order valence-corrected chi connectivity index (χ4v) is 4.96. The van der Waals surface area contributed by atoms with Gasteiger partial charge < -0.3 is 9.47 Å². The van der Waals surface area contributed by atoms with Crippen LogP contribution in [0, 0.1) is 19.8 Å². The van der Waals surface area contributed by atoms with Crippen LogP contribution in [-0.2, 0) is 20.4 Å². The fraction of sp³-hybridized carbons (Fsp3) is 0.346.